The highest BCUT2D eigenvalue weighted by Crippen LogP contribution is 2.14. The van der Waals surface area contributed by atoms with Crippen molar-refractivity contribution in [3.63, 3.8) is 0 Å². The molecular weight excluding hydrogens is 214 g/mol. The highest BCUT2D eigenvalue weighted by molar-refractivity contribution is 5.40. The summed E-state index contributed by atoms with van der Waals surface area (Å²) in [6.07, 6.45) is 3.39. The first-order valence-electron chi connectivity index (χ1n) is 5.60. The van der Waals surface area contributed by atoms with Crippen molar-refractivity contribution in [2.75, 3.05) is 5.32 Å². The largest absolute Gasteiger partial charge is 0.364 e. The SMILES string of the molecule is Cc1nccnc1NCc1c(C)nn(C)c1C. The van der Waals surface area contributed by atoms with Gasteiger partial charge in [0, 0.05) is 37.2 Å². The molecule has 2 aromatic rings. The summed E-state index contributed by atoms with van der Waals surface area (Å²) in [7, 11) is 1.96. The molecule has 0 spiro atoms. The summed E-state index contributed by atoms with van der Waals surface area (Å²) in [4.78, 5) is 8.45. The number of nitrogens with zero attached hydrogens (tertiary/aromatic N) is 4. The Hall–Kier alpha value is -1.91. The Morgan fingerprint density at radius 2 is 1.82 bits per heavy atom. The van der Waals surface area contributed by atoms with Gasteiger partial charge in [0.1, 0.15) is 5.82 Å². The number of hydrogen-bond donors (Lipinski definition) is 1. The van der Waals surface area contributed by atoms with E-state index < -0.39 is 0 Å². The molecule has 0 radical (unpaired) electrons. The van der Waals surface area contributed by atoms with Crippen molar-refractivity contribution in [2.45, 2.75) is 27.3 Å². The van der Waals surface area contributed by atoms with Crippen LogP contribution in [0.25, 0.3) is 0 Å². The van der Waals surface area contributed by atoms with Crippen molar-refractivity contribution in [3.05, 3.63) is 35.0 Å². The maximum absolute atomic E-state index is 4.39. The van der Waals surface area contributed by atoms with E-state index in [2.05, 4.69) is 27.3 Å². The van der Waals surface area contributed by atoms with Gasteiger partial charge in [-0.05, 0) is 20.8 Å². The monoisotopic (exact) mass is 231 g/mol. The number of nitrogens with one attached hydrogen (secondary N) is 1. The molecular formula is C12H17N5. The average Bonchev–Trinajstić information content (AvgIpc) is 2.53. The minimum atomic E-state index is 0.727. The fourth-order valence-corrected chi connectivity index (χ4v) is 1.83. The number of hydrogen-bond acceptors (Lipinski definition) is 4. The van der Waals surface area contributed by atoms with Crippen molar-refractivity contribution in [1.29, 1.82) is 0 Å². The fraction of sp³-hybridized carbons (Fsp3) is 0.417. The number of aromatic nitrogens is 4. The van der Waals surface area contributed by atoms with Crippen molar-refractivity contribution in [2.24, 2.45) is 7.05 Å². The van der Waals surface area contributed by atoms with Crippen LogP contribution < -0.4 is 5.32 Å². The Bertz CT molecular complexity index is 530. The molecule has 0 aliphatic heterocycles. The van der Waals surface area contributed by atoms with Crippen LogP contribution in [0.15, 0.2) is 12.4 Å². The summed E-state index contributed by atoms with van der Waals surface area (Å²) in [5.74, 6) is 0.829. The molecule has 0 aliphatic carbocycles. The van der Waals surface area contributed by atoms with E-state index in [1.807, 2.05) is 25.6 Å². The molecule has 2 rings (SSSR count). The van der Waals surface area contributed by atoms with E-state index in [1.54, 1.807) is 12.4 Å². The lowest BCUT2D eigenvalue weighted by molar-refractivity contribution is 0.730. The van der Waals surface area contributed by atoms with Crippen LogP contribution in [0.3, 0.4) is 0 Å². The zero-order valence-electron chi connectivity index (χ0n) is 10.7. The molecule has 0 fully saturated rings. The van der Waals surface area contributed by atoms with E-state index in [9.17, 15) is 0 Å². The summed E-state index contributed by atoms with van der Waals surface area (Å²) < 4.78 is 1.90. The Kier molecular flexibility index (Phi) is 3.08. The maximum atomic E-state index is 4.39. The van der Waals surface area contributed by atoms with Gasteiger partial charge in [0.05, 0.1) is 11.4 Å². The molecule has 0 bridgehead atoms. The Morgan fingerprint density at radius 1 is 1.12 bits per heavy atom. The average molecular weight is 231 g/mol. The number of aryl methyl sites for hydroxylation is 3. The molecule has 0 atom stereocenters. The molecule has 0 amide bonds. The van der Waals surface area contributed by atoms with Gasteiger partial charge in [0.15, 0.2) is 0 Å². The van der Waals surface area contributed by atoms with Crippen LogP contribution in [-0.2, 0) is 13.6 Å². The molecule has 0 aromatic carbocycles. The fourth-order valence-electron chi connectivity index (χ4n) is 1.83. The van der Waals surface area contributed by atoms with Gasteiger partial charge in [0.25, 0.3) is 0 Å². The summed E-state index contributed by atoms with van der Waals surface area (Å²) in [5.41, 5.74) is 4.36. The smallest absolute Gasteiger partial charge is 0.147 e. The minimum absolute atomic E-state index is 0.727. The second-order valence-electron chi connectivity index (χ2n) is 4.12. The second-order valence-corrected chi connectivity index (χ2v) is 4.12. The van der Waals surface area contributed by atoms with Gasteiger partial charge in [-0.15, -0.1) is 0 Å². The summed E-state index contributed by atoms with van der Waals surface area (Å²) >= 11 is 0. The van der Waals surface area contributed by atoms with E-state index in [4.69, 9.17) is 0 Å². The predicted molar refractivity (Wildman–Crippen MR) is 66.8 cm³/mol. The second kappa shape index (κ2) is 4.53. The number of rotatable bonds is 3. The zero-order valence-corrected chi connectivity index (χ0v) is 10.7. The van der Waals surface area contributed by atoms with Gasteiger partial charge in [0.2, 0.25) is 0 Å². The number of anilines is 1. The van der Waals surface area contributed by atoms with E-state index in [1.165, 1.54) is 11.3 Å². The molecule has 0 aliphatic rings. The highest BCUT2D eigenvalue weighted by Gasteiger charge is 2.09. The molecule has 5 heteroatoms. The van der Waals surface area contributed by atoms with Crippen LogP contribution >= 0.6 is 0 Å². The third-order valence-electron chi connectivity index (χ3n) is 2.97. The third-order valence-corrected chi connectivity index (χ3v) is 2.97. The molecule has 2 aromatic heterocycles. The van der Waals surface area contributed by atoms with Crippen LogP contribution in [0.4, 0.5) is 5.82 Å². The maximum Gasteiger partial charge on any atom is 0.147 e. The lowest BCUT2D eigenvalue weighted by Crippen LogP contribution is -2.05. The molecule has 5 nitrogen and oxygen atoms in total. The highest BCUT2D eigenvalue weighted by atomic mass is 15.3. The van der Waals surface area contributed by atoms with Crippen molar-refractivity contribution >= 4 is 5.82 Å². The van der Waals surface area contributed by atoms with Gasteiger partial charge in [-0.25, -0.2) is 4.98 Å². The van der Waals surface area contributed by atoms with Crippen molar-refractivity contribution < 1.29 is 0 Å². The zero-order chi connectivity index (χ0) is 12.4. The van der Waals surface area contributed by atoms with E-state index in [0.29, 0.717) is 0 Å². The van der Waals surface area contributed by atoms with Crippen LogP contribution in [0, 0.1) is 20.8 Å². The van der Waals surface area contributed by atoms with E-state index >= 15 is 0 Å². The summed E-state index contributed by atoms with van der Waals surface area (Å²) in [6, 6.07) is 0. The Balaban J connectivity index is 2.15. The summed E-state index contributed by atoms with van der Waals surface area (Å²) in [5, 5.41) is 7.68. The minimum Gasteiger partial charge on any atom is -0.364 e. The van der Waals surface area contributed by atoms with E-state index in [0.717, 1.165) is 23.8 Å². The van der Waals surface area contributed by atoms with Crippen LogP contribution in [0.2, 0.25) is 0 Å². The lowest BCUT2D eigenvalue weighted by atomic mass is 10.2. The van der Waals surface area contributed by atoms with Crippen LogP contribution in [0.1, 0.15) is 22.6 Å². The van der Waals surface area contributed by atoms with Crippen LogP contribution in [0.5, 0.6) is 0 Å². The molecule has 0 unspecified atom stereocenters. The van der Waals surface area contributed by atoms with Crippen molar-refractivity contribution in [1.82, 2.24) is 19.7 Å². The van der Waals surface area contributed by atoms with Gasteiger partial charge in [-0.1, -0.05) is 0 Å². The van der Waals surface area contributed by atoms with Crippen LogP contribution in [-0.4, -0.2) is 19.7 Å². The molecule has 2 heterocycles. The molecule has 17 heavy (non-hydrogen) atoms. The Labute approximate surface area is 101 Å². The van der Waals surface area contributed by atoms with E-state index in [-0.39, 0.29) is 0 Å². The Morgan fingerprint density at radius 3 is 2.41 bits per heavy atom. The first kappa shape index (κ1) is 11.6. The molecule has 0 saturated heterocycles. The van der Waals surface area contributed by atoms with Gasteiger partial charge in [-0.2, -0.15) is 5.10 Å². The standard InChI is InChI=1S/C12H17N5/c1-8-11(10(3)17(4)16-8)7-15-12-9(2)13-5-6-14-12/h5-6H,7H2,1-4H3,(H,14,15). The molecule has 90 valence electrons. The quantitative estimate of drug-likeness (QED) is 0.874. The predicted octanol–water partition coefficient (Wildman–Crippen LogP) is 1.75. The lowest BCUT2D eigenvalue weighted by Gasteiger charge is -2.07. The molecule has 0 saturated carbocycles. The molecule has 1 N–H and O–H groups in total. The first-order valence-corrected chi connectivity index (χ1v) is 5.60. The topological polar surface area (TPSA) is 55.6 Å². The van der Waals surface area contributed by atoms with Gasteiger partial charge in [-0.3, -0.25) is 9.67 Å². The van der Waals surface area contributed by atoms with Gasteiger partial charge < -0.3 is 5.32 Å². The van der Waals surface area contributed by atoms with Gasteiger partial charge >= 0.3 is 0 Å². The normalized spacial score (nSPS) is 10.6. The summed E-state index contributed by atoms with van der Waals surface area (Å²) in [6.45, 7) is 6.76. The van der Waals surface area contributed by atoms with Crippen molar-refractivity contribution in [3.8, 4) is 0 Å². The first-order chi connectivity index (χ1) is 8.09. The third kappa shape index (κ3) is 2.27.